The maximum Gasteiger partial charge on any atom is 0.289 e. The topological polar surface area (TPSA) is 66.7 Å². The Morgan fingerprint density at radius 3 is 2.83 bits per heavy atom. The first kappa shape index (κ1) is 18.9. The molecule has 0 aliphatic carbocycles. The molecule has 148 valence electrons. The molecule has 3 aromatic rings. The van der Waals surface area contributed by atoms with Crippen LogP contribution in [0, 0.1) is 0 Å². The quantitative estimate of drug-likeness (QED) is 0.686. The summed E-state index contributed by atoms with van der Waals surface area (Å²) in [6.07, 6.45) is 6.80. The highest BCUT2D eigenvalue weighted by atomic mass is 16.3. The second-order valence-corrected chi connectivity index (χ2v) is 7.43. The van der Waals surface area contributed by atoms with Crippen LogP contribution in [0.25, 0.3) is 16.5 Å². The first-order valence-corrected chi connectivity index (χ1v) is 9.62. The third-order valence-electron chi connectivity index (χ3n) is 5.09. The first-order chi connectivity index (χ1) is 14.0. The minimum atomic E-state index is -0.160. The van der Waals surface area contributed by atoms with Crippen LogP contribution in [-0.4, -0.2) is 53.8 Å². The summed E-state index contributed by atoms with van der Waals surface area (Å²) in [5, 5.41) is 0.882. The van der Waals surface area contributed by atoms with E-state index in [1.54, 1.807) is 32.6 Å². The summed E-state index contributed by atoms with van der Waals surface area (Å²) in [6.45, 7) is 1.30. The van der Waals surface area contributed by atoms with E-state index in [0.717, 1.165) is 35.1 Å². The third-order valence-corrected chi connectivity index (χ3v) is 5.09. The number of rotatable bonds is 4. The Morgan fingerprint density at radius 2 is 2.07 bits per heavy atom. The van der Waals surface area contributed by atoms with Crippen molar-refractivity contribution in [3.05, 3.63) is 71.8 Å². The summed E-state index contributed by atoms with van der Waals surface area (Å²) in [7, 11) is 3.40. The minimum absolute atomic E-state index is 0.104. The zero-order valence-electron chi connectivity index (χ0n) is 16.6. The average Bonchev–Trinajstić information content (AvgIpc) is 3.17. The van der Waals surface area contributed by atoms with Crippen molar-refractivity contribution in [2.75, 3.05) is 27.2 Å². The molecule has 3 heterocycles. The smallest absolute Gasteiger partial charge is 0.289 e. The van der Waals surface area contributed by atoms with E-state index < -0.39 is 0 Å². The van der Waals surface area contributed by atoms with E-state index in [-0.39, 0.29) is 11.8 Å². The average molecular weight is 389 g/mol. The molecular formula is C23H23N3O3. The molecule has 29 heavy (non-hydrogen) atoms. The molecule has 0 atom stereocenters. The lowest BCUT2D eigenvalue weighted by Crippen LogP contribution is -2.36. The molecule has 0 radical (unpaired) electrons. The van der Waals surface area contributed by atoms with Gasteiger partial charge in [0.2, 0.25) is 5.91 Å². The van der Waals surface area contributed by atoms with Crippen molar-refractivity contribution in [1.29, 1.82) is 0 Å². The van der Waals surface area contributed by atoms with Crippen LogP contribution in [0.2, 0.25) is 0 Å². The van der Waals surface area contributed by atoms with Crippen LogP contribution in [-0.2, 0) is 11.2 Å². The Morgan fingerprint density at radius 1 is 1.21 bits per heavy atom. The van der Waals surface area contributed by atoms with Crippen LogP contribution in [0.3, 0.4) is 0 Å². The Bertz CT molecular complexity index is 1080. The molecule has 0 saturated carbocycles. The Balaban J connectivity index is 1.52. The lowest BCUT2D eigenvalue weighted by Gasteiger charge is -2.28. The molecule has 2 amide bonds. The van der Waals surface area contributed by atoms with E-state index in [2.05, 4.69) is 11.1 Å². The highest BCUT2D eigenvalue weighted by Crippen LogP contribution is 2.27. The molecule has 0 N–H and O–H groups in total. The number of hydrogen-bond acceptors (Lipinski definition) is 4. The molecule has 6 nitrogen and oxygen atoms in total. The fourth-order valence-electron chi connectivity index (χ4n) is 3.52. The van der Waals surface area contributed by atoms with Crippen molar-refractivity contribution in [2.24, 2.45) is 0 Å². The van der Waals surface area contributed by atoms with Crippen molar-refractivity contribution in [2.45, 2.75) is 12.8 Å². The lowest BCUT2D eigenvalue weighted by atomic mass is 9.99. The zero-order chi connectivity index (χ0) is 20.4. The maximum absolute atomic E-state index is 12.7. The SMILES string of the molecule is CN(C)C(=O)c1cc2cc(C3=CCCN(C(=O)Cc4cccnc4)C3)ccc2o1. The van der Waals surface area contributed by atoms with Crippen LogP contribution in [0.4, 0.5) is 0 Å². The molecule has 0 unspecified atom stereocenters. The largest absolute Gasteiger partial charge is 0.451 e. The maximum atomic E-state index is 12.7. The summed E-state index contributed by atoms with van der Waals surface area (Å²) in [5.41, 5.74) is 3.76. The number of pyridine rings is 1. The Kier molecular flexibility index (Phi) is 5.16. The third kappa shape index (κ3) is 4.06. The fraction of sp³-hybridized carbons (Fsp3) is 0.261. The monoisotopic (exact) mass is 389 g/mol. The van der Waals surface area contributed by atoms with Crippen molar-refractivity contribution >= 4 is 28.4 Å². The number of carbonyl (C=O) groups is 2. The van der Waals surface area contributed by atoms with Crippen LogP contribution in [0.5, 0.6) is 0 Å². The Labute approximate surface area is 169 Å². The molecule has 4 rings (SSSR count). The van der Waals surface area contributed by atoms with E-state index in [0.29, 0.717) is 24.3 Å². The number of aromatic nitrogens is 1. The van der Waals surface area contributed by atoms with E-state index in [1.807, 2.05) is 35.2 Å². The molecular weight excluding hydrogens is 366 g/mol. The zero-order valence-corrected chi connectivity index (χ0v) is 16.6. The number of fused-ring (bicyclic) bond motifs is 1. The van der Waals surface area contributed by atoms with Gasteiger partial charge >= 0.3 is 0 Å². The van der Waals surface area contributed by atoms with Crippen LogP contribution in [0.15, 0.2) is 59.3 Å². The van der Waals surface area contributed by atoms with Crippen molar-refractivity contribution in [3.63, 3.8) is 0 Å². The second-order valence-electron chi connectivity index (χ2n) is 7.43. The fourth-order valence-corrected chi connectivity index (χ4v) is 3.52. The van der Waals surface area contributed by atoms with E-state index in [9.17, 15) is 9.59 Å². The van der Waals surface area contributed by atoms with Gasteiger partial charge in [0.15, 0.2) is 5.76 Å². The molecule has 1 aliphatic heterocycles. The number of furan rings is 1. The number of hydrogen-bond donors (Lipinski definition) is 0. The number of nitrogens with zero attached hydrogens (tertiary/aromatic N) is 3. The van der Waals surface area contributed by atoms with Gasteiger partial charge in [-0.3, -0.25) is 14.6 Å². The van der Waals surface area contributed by atoms with Gasteiger partial charge in [0.1, 0.15) is 5.58 Å². The molecule has 0 bridgehead atoms. The van der Waals surface area contributed by atoms with Gasteiger partial charge in [-0.15, -0.1) is 0 Å². The van der Waals surface area contributed by atoms with Gasteiger partial charge in [-0.1, -0.05) is 18.2 Å². The predicted molar refractivity (Wildman–Crippen MR) is 111 cm³/mol. The molecule has 1 aliphatic rings. The molecule has 1 aromatic carbocycles. The second kappa shape index (κ2) is 7.91. The van der Waals surface area contributed by atoms with Gasteiger partial charge in [-0.05, 0) is 47.4 Å². The van der Waals surface area contributed by atoms with Crippen molar-refractivity contribution in [3.8, 4) is 0 Å². The summed E-state index contributed by atoms with van der Waals surface area (Å²) in [6, 6.07) is 11.4. The number of amides is 2. The Hall–Kier alpha value is -3.41. The summed E-state index contributed by atoms with van der Waals surface area (Å²) >= 11 is 0. The van der Waals surface area contributed by atoms with Gasteiger partial charge in [-0.2, -0.15) is 0 Å². The first-order valence-electron chi connectivity index (χ1n) is 9.62. The van der Waals surface area contributed by atoms with E-state index in [4.69, 9.17) is 4.42 Å². The molecule has 0 saturated heterocycles. The normalized spacial score (nSPS) is 14.0. The summed E-state index contributed by atoms with van der Waals surface area (Å²) in [4.78, 5) is 32.3. The van der Waals surface area contributed by atoms with E-state index in [1.165, 1.54) is 4.90 Å². The predicted octanol–water partition coefficient (Wildman–Crippen LogP) is 3.39. The summed E-state index contributed by atoms with van der Waals surface area (Å²) < 4.78 is 5.68. The van der Waals surface area contributed by atoms with Crippen molar-refractivity contribution in [1.82, 2.24) is 14.8 Å². The standard InChI is InChI=1S/C23H23N3O3/c1-25(2)23(28)21-13-19-12-17(7-8-20(19)29-21)18-6-4-10-26(15-18)22(27)11-16-5-3-9-24-14-16/h3,5-9,12-14H,4,10-11,15H2,1-2H3. The number of benzene rings is 1. The van der Waals surface area contributed by atoms with Crippen LogP contribution in [0.1, 0.15) is 28.1 Å². The number of carbonyl (C=O) groups excluding carboxylic acids is 2. The minimum Gasteiger partial charge on any atom is -0.451 e. The van der Waals surface area contributed by atoms with Gasteiger partial charge in [0, 0.05) is 45.0 Å². The van der Waals surface area contributed by atoms with Crippen molar-refractivity contribution < 1.29 is 14.0 Å². The van der Waals surface area contributed by atoms with Crippen LogP contribution < -0.4 is 0 Å². The van der Waals surface area contributed by atoms with Gasteiger partial charge in [0.05, 0.1) is 6.42 Å². The van der Waals surface area contributed by atoms with E-state index >= 15 is 0 Å². The van der Waals surface area contributed by atoms with Crippen LogP contribution >= 0.6 is 0 Å². The molecule has 0 spiro atoms. The van der Waals surface area contributed by atoms with Gasteiger partial charge in [0.25, 0.3) is 5.91 Å². The van der Waals surface area contributed by atoms with Gasteiger partial charge in [-0.25, -0.2) is 0 Å². The highest BCUT2D eigenvalue weighted by Gasteiger charge is 2.20. The summed E-state index contributed by atoms with van der Waals surface area (Å²) in [5.74, 6) is 0.270. The highest BCUT2D eigenvalue weighted by molar-refractivity contribution is 5.96. The lowest BCUT2D eigenvalue weighted by molar-refractivity contribution is -0.129. The van der Waals surface area contributed by atoms with Gasteiger partial charge < -0.3 is 14.2 Å². The molecule has 6 heteroatoms. The molecule has 2 aromatic heterocycles. The molecule has 0 fully saturated rings.